The second-order valence-corrected chi connectivity index (χ2v) is 5.75. The summed E-state index contributed by atoms with van der Waals surface area (Å²) in [6.45, 7) is 0. The molecule has 2 aromatic heterocycles. The molecule has 27 heavy (non-hydrogen) atoms. The van der Waals surface area contributed by atoms with Gasteiger partial charge < -0.3 is 14.0 Å². The van der Waals surface area contributed by atoms with E-state index in [0.29, 0.717) is 28.8 Å². The summed E-state index contributed by atoms with van der Waals surface area (Å²) in [5.41, 5.74) is 1.57. The predicted octanol–water partition coefficient (Wildman–Crippen LogP) is 4.31. The molecule has 0 fully saturated rings. The molecular formula is C21H17N3O3. The molecule has 6 heteroatoms. The fraction of sp³-hybridized carbons (Fsp3) is 0.0952. The van der Waals surface area contributed by atoms with Crippen LogP contribution in [0.1, 0.15) is 17.6 Å². The van der Waals surface area contributed by atoms with Crippen LogP contribution >= 0.6 is 0 Å². The Kier molecular flexibility index (Phi) is 4.78. The molecule has 0 amide bonds. The maximum atomic E-state index is 6.15. The highest BCUT2D eigenvalue weighted by Gasteiger charge is 2.24. The number of methoxy groups -OCH3 is 1. The second kappa shape index (κ2) is 7.70. The van der Waals surface area contributed by atoms with Crippen LogP contribution in [0.25, 0.3) is 11.4 Å². The Balaban J connectivity index is 1.72. The van der Waals surface area contributed by atoms with Gasteiger partial charge in [0.05, 0.1) is 12.7 Å². The number of para-hydroxylation sites is 1. The smallest absolute Gasteiger partial charge is 0.272 e. The molecular weight excluding hydrogens is 342 g/mol. The van der Waals surface area contributed by atoms with E-state index in [1.165, 1.54) is 0 Å². The molecule has 0 saturated heterocycles. The van der Waals surface area contributed by atoms with Crippen LogP contribution < -0.4 is 9.47 Å². The van der Waals surface area contributed by atoms with Gasteiger partial charge in [0.25, 0.3) is 5.89 Å². The number of aromatic nitrogens is 3. The van der Waals surface area contributed by atoms with E-state index in [1.54, 1.807) is 25.6 Å². The zero-order valence-electron chi connectivity index (χ0n) is 14.6. The first-order valence-corrected chi connectivity index (χ1v) is 8.44. The molecule has 0 aliphatic heterocycles. The molecule has 0 aliphatic rings. The van der Waals surface area contributed by atoms with Crippen molar-refractivity contribution in [3.63, 3.8) is 0 Å². The summed E-state index contributed by atoms with van der Waals surface area (Å²) in [6.07, 6.45) is 2.76. The van der Waals surface area contributed by atoms with E-state index < -0.39 is 6.10 Å². The monoisotopic (exact) mass is 359 g/mol. The van der Waals surface area contributed by atoms with Gasteiger partial charge in [0.1, 0.15) is 11.5 Å². The van der Waals surface area contributed by atoms with E-state index in [2.05, 4.69) is 15.1 Å². The summed E-state index contributed by atoms with van der Waals surface area (Å²) in [4.78, 5) is 8.66. The number of nitrogens with zero attached hydrogens (tertiary/aromatic N) is 3. The van der Waals surface area contributed by atoms with Gasteiger partial charge >= 0.3 is 0 Å². The standard InChI is InChI=1S/C21H17N3O3/c1-25-18-12-13-22-14-17(18)20-23-21(27-24-20)19(15-8-4-2-5-9-15)26-16-10-6-3-7-11-16/h2-14,19H,1H3. The lowest BCUT2D eigenvalue weighted by Gasteiger charge is -2.15. The minimum absolute atomic E-state index is 0.353. The molecule has 1 unspecified atom stereocenters. The van der Waals surface area contributed by atoms with E-state index in [1.807, 2.05) is 60.7 Å². The summed E-state index contributed by atoms with van der Waals surface area (Å²) in [6, 6.07) is 21.0. The van der Waals surface area contributed by atoms with E-state index >= 15 is 0 Å². The molecule has 2 aromatic carbocycles. The first-order valence-electron chi connectivity index (χ1n) is 8.44. The molecule has 4 aromatic rings. The van der Waals surface area contributed by atoms with Crippen molar-refractivity contribution in [2.24, 2.45) is 0 Å². The zero-order valence-corrected chi connectivity index (χ0v) is 14.6. The van der Waals surface area contributed by atoms with E-state index in [9.17, 15) is 0 Å². The van der Waals surface area contributed by atoms with Crippen LogP contribution in [0.2, 0.25) is 0 Å². The number of pyridine rings is 1. The van der Waals surface area contributed by atoms with Gasteiger partial charge in [-0.1, -0.05) is 53.7 Å². The van der Waals surface area contributed by atoms with Crippen molar-refractivity contribution in [1.29, 1.82) is 0 Å². The summed E-state index contributed by atoms with van der Waals surface area (Å²) >= 11 is 0. The molecule has 134 valence electrons. The first-order chi connectivity index (χ1) is 13.3. The molecule has 0 saturated carbocycles. The summed E-state index contributed by atoms with van der Waals surface area (Å²) in [7, 11) is 1.59. The van der Waals surface area contributed by atoms with Gasteiger partial charge in [-0.3, -0.25) is 4.98 Å². The Hall–Kier alpha value is -3.67. The van der Waals surface area contributed by atoms with Gasteiger partial charge in [0.2, 0.25) is 11.9 Å². The molecule has 0 bridgehead atoms. The Morgan fingerprint density at radius 2 is 1.67 bits per heavy atom. The predicted molar refractivity (Wildman–Crippen MR) is 99.4 cm³/mol. The third kappa shape index (κ3) is 3.64. The maximum Gasteiger partial charge on any atom is 0.272 e. The van der Waals surface area contributed by atoms with Gasteiger partial charge in [-0.05, 0) is 18.2 Å². The van der Waals surface area contributed by atoms with Crippen molar-refractivity contribution in [3.8, 4) is 22.9 Å². The largest absolute Gasteiger partial charge is 0.496 e. The molecule has 0 aliphatic carbocycles. The lowest BCUT2D eigenvalue weighted by atomic mass is 10.1. The van der Waals surface area contributed by atoms with Gasteiger partial charge in [-0.2, -0.15) is 4.98 Å². The molecule has 1 atom stereocenters. The van der Waals surface area contributed by atoms with Crippen molar-refractivity contribution in [2.45, 2.75) is 6.10 Å². The molecule has 0 N–H and O–H groups in total. The third-order valence-corrected chi connectivity index (χ3v) is 4.01. The van der Waals surface area contributed by atoms with Gasteiger partial charge in [-0.25, -0.2) is 0 Å². The first kappa shape index (κ1) is 16.8. The van der Waals surface area contributed by atoms with Gasteiger partial charge in [-0.15, -0.1) is 0 Å². The van der Waals surface area contributed by atoms with Crippen molar-refractivity contribution in [1.82, 2.24) is 15.1 Å². The van der Waals surface area contributed by atoms with Gasteiger partial charge in [0.15, 0.2) is 0 Å². The molecule has 2 heterocycles. The number of hydrogen-bond acceptors (Lipinski definition) is 6. The van der Waals surface area contributed by atoms with Gasteiger partial charge in [0, 0.05) is 18.0 Å². The average Bonchev–Trinajstić information content (AvgIpc) is 3.23. The van der Waals surface area contributed by atoms with Crippen molar-refractivity contribution >= 4 is 0 Å². The Morgan fingerprint density at radius 1 is 0.926 bits per heavy atom. The van der Waals surface area contributed by atoms with Crippen LogP contribution in [0.5, 0.6) is 11.5 Å². The number of hydrogen-bond donors (Lipinski definition) is 0. The highest BCUT2D eigenvalue weighted by Crippen LogP contribution is 2.31. The fourth-order valence-electron chi connectivity index (χ4n) is 2.70. The topological polar surface area (TPSA) is 70.3 Å². The van der Waals surface area contributed by atoms with Crippen LogP contribution in [0.4, 0.5) is 0 Å². The lowest BCUT2D eigenvalue weighted by Crippen LogP contribution is -2.10. The SMILES string of the molecule is COc1ccncc1-c1noc(C(Oc2ccccc2)c2ccccc2)n1. The summed E-state index contributed by atoms with van der Waals surface area (Å²) in [5.74, 6) is 2.08. The van der Waals surface area contributed by atoms with Crippen molar-refractivity contribution in [3.05, 3.63) is 90.6 Å². The van der Waals surface area contributed by atoms with Crippen LogP contribution in [0, 0.1) is 0 Å². The highest BCUT2D eigenvalue weighted by molar-refractivity contribution is 5.62. The molecule has 4 rings (SSSR count). The maximum absolute atomic E-state index is 6.15. The Bertz CT molecular complexity index is 1000. The van der Waals surface area contributed by atoms with Crippen molar-refractivity contribution in [2.75, 3.05) is 7.11 Å². The minimum Gasteiger partial charge on any atom is -0.496 e. The minimum atomic E-state index is -0.530. The third-order valence-electron chi connectivity index (χ3n) is 4.01. The number of benzene rings is 2. The summed E-state index contributed by atoms with van der Waals surface area (Å²) in [5, 5.41) is 4.10. The fourth-order valence-corrected chi connectivity index (χ4v) is 2.70. The number of rotatable bonds is 6. The molecule has 0 radical (unpaired) electrons. The van der Waals surface area contributed by atoms with E-state index in [-0.39, 0.29) is 0 Å². The highest BCUT2D eigenvalue weighted by atomic mass is 16.5. The Labute approximate surface area is 156 Å². The van der Waals surface area contributed by atoms with Crippen LogP contribution in [-0.2, 0) is 0 Å². The normalized spacial score (nSPS) is 11.7. The van der Waals surface area contributed by atoms with E-state index in [4.69, 9.17) is 14.0 Å². The zero-order chi connectivity index (χ0) is 18.5. The Morgan fingerprint density at radius 3 is 2.41 bits per heavy atom. The van der Waals surface area contributed by atoms with E-state index in [0.717, 1.165) is 5.56 Å². The summed E-state index contributed by atoms with van der Waals surface area (Å²) < 4.78 is 17.0. The second-order valence-electron chi connectivity index (χ2n) is 5.75. The quantitative estimate of drug-likeness (QED) is 0.511. The van der Waals surface area contributed by atoms with Crippen LogP contribution in [-0.4, -0.2) is 22.2 Å². The molecule has 0 spiro atoms. The number of ether oxygens (including phenoxy) is 2. The van der Waals surface area contributed by atoms with Crippen molar-refractivity contribution < 1.29 is 14.0 Å². The average molecular weight is 359 g/mol. The van der Waals surface area contributed by atoms with Crippen LogP contribution in [0.15, 0.2) is 83.6 Å². The molecule has 6 nitrogen and oxygen atoms in total. The lowest BCUT2D eigenvalue weighted by molar-refractivity contribution is 0.193. The van der Waals surface area contributed by atoms with Crippen LogP contribution in [0.3, 0.4) is 0 Å².